The number of nitrogens with zero attached hydrogens (tertiary/aromatic N) is 4. The monoisotopic (exact) mass is 328 g/mol. The van der Waals surface area contributed by atoms with Crippen molar-refractivity contribution in [3.63, 3.8) is 0 Å². The summed E-state index contributed by atoms with van der Waals surface area (Å²) in [5.41, 5.74) is 0.338. The Morgan fingerprint density at radius 2 is 2.26 bits per heavy atom. The average molecular weight is 328 g/mol. The molecule has 7 heteroatoms. The third kappa shape index (κ3) is 2.25. The smallest absolute Gasteiger partial charge is 0.344 e. The Labute approximate surface area is 136 Å². The van der Waals surface area contributed by atoms with Gasteiger partial charge in [0.15, 0.2) is 5.65 Å². The Balaban J connectivity index is 1.99. The molecule has 4 rings (SSSR count). The van der Waals surface area contributed by atoms with Gasteiger partial charge in [0.25, 0.3) is 5.56 Å². The van der Waals surface area contributed by atoms with Crippen molar-refractivity contribution in [1.82, 2.24) is 14.5 Å². The van der Waals surface area contributed by atoms with Gasteiger partial charge < -0.3 is 4.55 Å². The molecule has 0 amide bonds. The number of hydrogen-bond acceptors (Lipinski definition) is 5. The van der Waals surface area contributed by atoms with E-state index in [1.165, 1.54) is 18.7 Å². The van der Waals surface area contributed by atoms with Crippen LogP contribution in [0.2, 0.25) is 0 Å². The fraction of sp³-hybridized carbons (Fsp3) is 0.500. The summed E-state index contributed by atoms with van der Waals surface area (Å²) >= 11 is -1.31. The molecule has 1 unspecified atom stereocenters. The topological polar surface area (TPSA) is 94.6 Å². The predicted octanol–water partition coefficient (Wildman–Crippen LogP) is 1.76. The van der Waals surface area contributed by atoms with Gasteiger partial charge in [-0.2, -0.15) is 15.2 Å². The van der Waals surface area contributed by atoms with E-state index in [0.29, 0.717) is 22.9 Å². The van der Waals surface area contributed by atoms with Crippen LogP contribution in [-0.4, -0.2) is 25.3 Å². The van der Waals surface area contributed by atoms with Gasteiger partial charge in [0, 0.05) is 28.8 Å². The summed E-state index contributed by atoms with van der Waals surface area (Å²) in [6, 6.07) is 3.60. The zero-order valence-electron chi connectivity index (χ0n) is 12.7. The lowest BCUT2D eigenvalue weighted by Gasteiger charge is -2.25. The largest absolute Gasteiger partial charge is 0.609 e. The van der Waals surface area contributed by atoms with E-state index >= 15 is 0 Å². The number of fused-ring (bicyclic) bond motifs is 3. The average Bonchev–Trinajstić information content (AvgIpc) is 3.16. The quantitative estimate of drug-likeness (QED) is 0.618. The minimum absolute atomic E-state index is 0.0880. The van der Waals surface area contributed by atoms with Gasteiger partial charge in [0.1, 0.15) is 17.9 Å². The second kappa shape index (κ2) is 5.32. The molecule has 2 aromatic heterocycles. The second-order valence-corrected chi connectivity index (χ2v) is 7.75. The summed E-state index contributed by atoms with van der Waals surface area (Å²) in [4.78, 5) is 21.2. The molecule has 2 aromatic rings. The van der Waals surface area contributed by atoms with Gasteiger partial charge in [-0.3, -0.25) is 9.36 Å². The SMILES string of the molecule is C[S+]([O-])c1ncc2cc(C#N)c(=O)n([C@H]3C[C@@H]4CC[C@H]3C4)c2n1. The molecular weight excluding hydrogens is 312 g/mol. The van der Waals surface area contributed by atoms with Crippen LogP contribution < -0.4 is 5.56 Å². The highest BCUT2D eigenvalue weighted by Crippen LogP contribution is 2.50. The van der Waals surface area contributed by atoms with E-state index in [-0.39, 0.29) is 22.3 Å². The standard InChI is InChI=1S/C16H16N4O2S/c1-23(22)16-18-8-12-6-11(7-17)15(21)20(14(12)19-16)13-5-9-2-3-10(13)4-9/h6,8-10,13H,2-5H2,1H3/t9-,10+,13+,23?/m1/s1. The van der Waals surface area contributed by atoms with Crippen LogP contribution >= 0.6 is 0 Å². The van der Waals surface area contributed by atoms with Crippen LogP contribution in [0.15, 0.2) is 22.2 Å². The van der Waals surface area contributed by atoms with Crippen LogP contribution in [-0.2, 0) is 11.2 Å². The first-order valence-corrected chi connectivity index (χ1v) is 9.30. The Morgan fingerprint density at radius 1 is 1.43 bits per heavy atom. The molecule has 2 heterocycles. The molecule has 2 aliphatic rings. The molecule has 0 aliphatic heterocycles. The number of pyridine rings is 1. The van der Waals surface area contributed by atoms with Gasteiger partial charge in [0.05, 0.1) is 0 Å². The molecular formula is C16H16N4O2S. The van der Waals surface area contributed by atoms with Crippen LogP contribution in [0.4, 0.5) is 0 Å². The molecule has 0 N–H and O–H groups in total. The third-order valence-corrected chi connectivity index (χ3v) is 5.87. The number of rotatable bonds is 2. The maximum absolute atomic E-state index is 12.8. The summed E-state index contributed by atoms with van der Waals surface area (Å²) < 4.78 is 13.4. The van der Waals surface area contributed by atoms with Gasteiger partial charge in [-0.1, -0.05) is 6.42 Å². The van der Waals surface area contributed by atoms with E-state index in [9.17, 15) is 14.6 Å². The highest BCUT2D eigenvalue weighted by Gasteiger charge is 2.41. The summed E-state index contributed by atoms with van der Waals surface area (Å²) in [6.07, 6.45) is 7.53. The Kier molecular flexibility index (Phi) is 3.39. The van der Waals surface area contributed by atoms with E-state index in [4.69, 9.17) is 0 Å². The lowest BCUT2D eigenvalue weighted by molar-refractivity contribution is 0.329. The molecule has 0 saturated heterocycles. The summed E-state index contributed by atoms with van der Waals surface area (Å²) in [6.45, 7) is 0. The lowest BCUT2D eigenvalue weighted by atomic mass is 9.94. The van der Waals surface area contributed by atoms with Gasteiger partial charge in [-0.25, -0.2) is 0 Å². The first-order chi connectivity index (χ1) is 11.1. The zero-order valence-corrected chi connectivity index (χ0v) is 13.5. The normalized spacial score (nSPS) is 27.3. The number of hydrogen-bond donors (Lipinski definition) is 0. The molecule has 2 saturated carbocycles. The Hall–Kier alpha value is -1.91. The van der Waals surface area contributed by atoms with Crippen LogP contribution in [0.1, 0.15) is 37.3 Å². The summed E-state index contributed by atoms with van der Waals surface area (Å²) in [5.74, 6) is 1.14. The molecule has 2 bridgehead atoms. The minimum Gasteiger partial charge on any atom is -0.609 e. The molecule has 2 aliphatic carbocycles. The van der Waals surface area contributed by atoms with E-state index in [0.717, 1.165) is 19.3 Å². The van der Waals surface area contributed by atoms with Crippen LogP contribution in [0.3, 0.4) is 0 Å². The van der Waals surface area contributed by atoms with Crippen LogP contribution in [0.5, 0.6) is 0 Å². The predicted molar refractivity (Wildman–Crippen MR) is 85.3 cm³/mol. The maximum atomic E-state index is 12.8. The van der Waals surface area contributed by atoms with Crippen molar-refractivity contribution in [3.05, 3.63) is 28.2 Å². The van der Waals surface area contributed by atoms with Crippen LogP contribution in [0.25, 0.3) is 11.0 Å². The third-order valence-electron chi connectivity index (χ3n) is 5.16. The van der Waals surface area contributed by atoms with Crippen molar-refractivity contribution >= 4 is 22.2 Å². The summed E-state index contributed by atoms with van der Waals surface area (Å²) in [5, 5.41) is 10.1. The van der Waals surface area contributed by atoms with Crippen molar-refractivity contribution in [3.8, 4) is 6.07 Å². The molecule has 0 aromatic carbocycles. The fourth-order valence-corrected chi connectivity index (χ4v) is 4.57. The van der Waals surface area contributed by atoms with E-state index in [2.05, 4.69) is 9.97 Å². The first-order valence-electron chi connectivity index (χ1n) is 7.74. The van der Waals surface area contributed by atoms with Gasteiger partial charge in [-0.05, 0) is 37.2 Å². The van der Waals surface area contributed by atoms with Crippen molar-refractivity contribution < 1.29 is 4.55 Å². The van der Waals surface area contributed by atoms with Crippen molar-refractivity contribution in [2.45, 2.75) is 36.9 Å². The fourth-order valence-electron chi connectivity index (χ4n) is 4.16. The molecule has 23 heavy (non-hydrogen) atoms. The highest BCUT2D eigenvalue weighted by atomic mass is 32.2. The minimum atomic E-state index is -1.31. The lowest BCUT2D eigenvalue weighted by Crippen LogP contribution is -2.31. The first kappa shape index (κ1) is 14.7. The Bertz CT molecular complexity index is 886. The second-order valence-electron chi connectivity index (χ2n) is 6.47. The van der Waals surface area contributed by atoms with Crippen LogP contribution in [0, 0.1) is 23.2 Å². The van der Waals surface area contributed by atoms with Gasteiger partial charge in [-0.15, -0.1) is 0 Å². The van der Waals surface area contributed by atoms with Crippen molar-refractivity contribution in [2.75, 3.05) is 6.26 Å². The molecule has 4 atom stereocenters. The molecule has 2 fully saturated rings. The molecule has 118 valence electrons. The van der Waals surface area contributed by atoms with Gasteiger partial charge in [0.2, 0.25) is 0 Å². The molecule has 0 radical (unpaired) electrons. The molecule has 0 spiro atoms. The van der Waals surface area contributed by atoms with E-state index in [1.54, 1.807) is 10.8 Å². The van der Waals surface area contributed by atoms with Crippen molar-refractivity contribution in [2.24, 2.45) is 11.8 Å². The zero-order chi connectivity index (χ0) is 16.1. The van der Waals surface area contributed by atoms with E-state index in [1.807, 2.05) is 6.07 Å². The van der Waals surface area contributed by atoms with Crippen molar-refractivity contribution in [1.29, 1.82) is 5.26 Å². The number of aromatic nitrogens is 3. The van der Waals surface area contributed by atoms with E-state index < -0.39 is 11.2 Å². The highest BCUT2D eigenvalue weighted by molar-refractivity contribution is 7.90. The Morgan fingerprint density at radius 3 is 2.87 bits per heavy atom. The summed E-state index contributed by atoms with van der Waals surface area (Å²) in [7, 11) is 0. The molecule has 6 nitrogen and oxygen atoms in total. The van der Waals surface area contributed by atoms with Gasteiger partial charge >= 0.3 is 5.16 Å². The maximum Gasteiger partial charge on any atom is 0.344 e. The number of nitriles is 1.